The predicted octanol–water partition coefficient (Wildman–Crippen LogP) is 1.28. The zero-order chi connectivity index (χ0) is 10.7. The van der Waals surface area contributed by atoms with Gasteiger partial charge in [0.05, 0.1) is 5.69 Å². The maximum atomic E-state index is 5.35. The molecular weight excluding hydrogens is 190 g/mol. The van der Waals surface area contributed by atoms with Crippen LogP contribution in [0.25, 0.3) is 0 Å². The van der Waals surface area contributed by atoms with Crippen molar-refractivity contribution in [2.45, 2.75) is 20.3 Å². The molecule has 2 rings (SSSR count). The molecule has 0 amide bonds. The third kappa shape index (κ3) is 2.72. The molecule has 2 heterocycles. The number of aromatic nitrogens is 1. The Morgan fingerprint density at radius 2 is 2.20 bits per heavy atom. The molecular formula is C11H19N3O. The number of nitrogens with one attached hydrogen (secondary N) is 1. The second kappa shape index (κ2) is 4.66. The number of nitrogens with zero attached hydrogens (tertiary/aromatic N) is 2. The summed E-state index contributed by atoms with van der Waals surface area (Å²) in [7, 11) is 0. The van der Waals surface area contributed by atoms with Gasteiger partial charge in [-0.25, -0.2) is 0 Å². The highest BCUT2D eigenvalue weighted by Gasteiger charge is 2.15. The summed E-state index contributed by atoms with van der Waals surface area (Å²) >= 11 is 0. The first kappa shape index (κ1) is 10.5. The third-order valence-electron chi connectivity index (χ3n) is 2.59. The smallest absolute Gasteiger partial charge is 0.227 e. The molecule has 84 valence electrons. The average molecular weight is 209 g/mol. The fourth-order valence-corrected chi connectivity index (χ4v) is 1.85. The van der Waals surface area contributed by atoms with Crippen LogP contribution in [0.3, 0.4) is 0 Å². The van der Waals surface area contributed by atoms with E-state index in [0.29, 0.717) is 5.92 Å². The van der Waals surface area contributed by atoms with Crippen molar-refractivity contribution < 1.29 is 4.52 Å². The molecule has 0 saturated carbocycles. The maximum absolute atomic E-state index is 5.35. The largest absolute Gasteiger partial charge is 0.338 e. The maximum Gasteiger partial charge on any atom is 0.227 e. The summed E-state index contributed by atoms with van der Waals surface area (Å²) in [5.41, 5.74) is 1.07. The van der Waals surface area contributed by atoms with Gasteiger partial charge in [0.1, 0.15) is 0 Å². The van der Waals surface area contributed by atoms with Gasteiger partial charge < -0.3 is 14.7 Å². The summed E-state index contributed by atoms with van der Waals surface area (Å²) in [6, 6.07) is 2.07. The van der Waals surface area contributed by atoms with Crippen molar-refractivity contribution in [2.24, 2.45) is 5.92 Å². The van der Waals surface area contributed by atoms with Gasteiger partial charge in [0.25, 0.3) is 0 Å². The van der Waals surface area contributed by atoms with Crippen LogP contribution in [0, 0.1) is 5.92 Å². The highest BCUT2D eigenvalue weighted by molar-refractivity contribution is 5.36. The second-order valence-electron chi connectivity index (χ2n) is 4.49. The molecule has 0 radical (unpaired) electrons. The molecule has 0 bridgehead atoms. The molecule has 0 spiro atoms. The van der Waals surface area contributed by atoms with Crippen LogP contribution in [0.5, 0.6) is 0 Å². The lowest BCUT2D eigenvalue weighted by Gasteiger charge is -2.25. The fourth-order valence-electron chi connectivity index (χ4n) is 1.85. The molecule has 0 aliphatic carbocycles. The Labute approximate surface area is 90.6 Å². The molecule has 1 aliphatic heterocycles. The summed E-state index contributed by atoms with van der Waals surface area (Å²) in [5, 5.41) is 7.41. The zero-order valence-corrected chi connectivity index (χ0v) is 9.49. The van der Waals surface area contributed by atoms with E-state index >= 15 is 0 Å². The summed E-state index contributed by atoms with van der Waals surface area (Å²) in [6.45, 7) is 8.46. The quantitative estimate of drug-likeness (QED) is 0.814. The van der Waals surface area contributed by atoms with Crippen LogP contribution in [-0.2, 0) is 6.42 Å². The van der Waals surface area contributed by atoms with Crippen molar-refractivity contribution in [2.75, 3.05) is 31.1 Å². The van der Waals surface area contributed by atoms with Crippen molar-refractivity contribution in [1.29, 1.82) is 0 Å². The summed E-state index contributed by atoms with van der Waals surface area (Å²) in [5.74, 6) is 1.55. The highest BCUT2D eigenvalue weighted by atomic mass is 16.5. The van der Waals surface area contributed by atoms with Crippen LogP contribution in [0.4, 0.5) is 5.88 Å². The Bertz CT molecular complexity index is 303. The minimum atomic E-state index is 0.631. The van der Waals surface area contributed by atoms with Crippen molar-refractivity contribution in [1.82, 2.24) is 10.5 Å². The first-order chi connectivity index (χ1) is 7.25. The second-order valence-corrected chi connectivity index (χ2v) is 4.49. The average Bonchev–Trinajstić information content (AvgIpc) is 2.67. The molecule has 4 heteroatoms. The van der Waals surface area contributed by atoms with Gasteiger partial charge in [-0.05, 0) is 12.3 Å². The molecule has 4 nitrogen and oxygen atoms in total. The van der Waals surface area contributed by atoms with E-state index in [1.54, 1.807) is 0 Å². The monoisotopic (exact) mass is 209 g/mol. The summed E-state index contributed by atoms with van der Waals surface area (Å²) in [6.07, 6.45) is 0.996. The van der Waals surface area contributed by atoms with Crippen molar-refractivity contribution in [3.63, 3.8) is 0 Å². The first-order valence-electron chi connectivity index (χ1n) is 5.67. The van der Waals surface area contributed by atoms with Gasteiger partial charge in [0.2, 0.25) is 5.88 Å². The van der Waals surface area contributed by atoms with E-state index in [2.05, 4.69) is 35.3 Å². The summed E-state index contributed by atoms with van der Waals surface area (Å²) < 4.78 is 5.35. The molecule has 0 aromatic carbocycles. The van der Waals surface area contributed by atoms with E-state index in [0.717, 1.165) is 44.2 Å². The molecule has 1 aromatic rings. The number of hydrogen-bond acceptors (Lipinski definition) is 4. The third-order valence-corrected chi connectivity index (χ3v) is 2.59. The molecule has 0 atom stereocenters. The highest BCUT2D eigenvalue weighted by Crippen LogP contribution is 2.18. The van der Waals surface area contributed by atoms with E-state index in [4.69, 9.17) is 4.52 Å². The van der Waals surface area contributed by atoms with Crippen LogP contribution in [0.1, 0.15) is 19.5 Å². The lowest BCUT2D eigenvalue weighted by atomic mass is 10.1. The van der Waals surface area contributed by atoms with E-state index in [-0.39, 0.29) is 0 Å². The van der Waals surface area contributed by atoms with Crippen LogP contribution >= 0.6 is 0 Å². The number of piperazine rings is 1. The SMILES string of the molecule is CC(C)Cc1cc(N2CCNCC2)on1. The molecule has 1 aromatic heterocycles. The number of anilines is 1. The van der Waals surface area contributed by atoms with E-state index < -0.39 is 0 Å². The minimum Gasteiger partial charge on any atom is -0.338 e. The van der Waals surface area contributed by atoms with Crippen LogP contribution in [0.15, 0.2) is 10.6 Å². The van der Waals surface area contributed by atoms with E-state index in [1.807, 2.05) is 0 Å². The first-order valence-corrected chi connectivity index (χ1v) is 5.67. The van der Waals surface area contributed by atoms with E-state index in [1.165, 1.54) is 0 Å². The van der Waals surface area contributed by atoms with Crippen LogP contribution in [0.2, 0.25) is 0 Å². The Kier molecular flexibility index (Phi) is 3.26. The van der Waals surface area contributed by atoms with Gasteiger partial charge in [-0.15, -0.1) is 0 Å². The van der Waals surface area contributed by atoms with Crippen LogP contribution in [-0.4, -0.2) is 31.3 Å². The van der Waals surface area contributed by atoms with Gasteiger partial charge in [0.15, 0.2) is 0 Å². The molecule has 1 N–H and O–H groups in total. The zero-order valence-electron chi connectivity index (χ0n) is 9.49. The van der Waals surface area contributed by atoms with Crippen LogP contribution < -0.4 is 10.2 Å². The number of rotatable bonds is 3. The van der Waals surface area contributed by atoms with Gasteiger partial charge in [-0.1, -0.05) is 19.0 Å². The minimum absolute atomic E-state index is 0.631. The summed E-state index contributed by atoms with van der Waals surface area (Å²) in [4.78, 5) is 2.24. The topological polar surface area (TPSA) is 41.3 Å². The normalized spacial score (nSPS) is 17.4. The van der Waals surface area contributed by atoms with Crippen molar-refractivity contribution in [3.05, 3.63) is 11.8 Å². The van der Waals surface area contributed by atoms with Gasteiger partial charge in [-0.2, -0.15) is 0 Å². The fraction of sp³-hybridized carbons (Fsp3) is 0.727. The lowest BCUT2D eigenvalue weighted by molar-refractivity contribution is 0.397. The van der Waals surface area contributed by atoms with Gasteiger partial charge in [-0.3, -0.25) is 0 Å². The van der Waals surface area contributed by atoms with Crippen molar-refractivity contribution in [3.8, 4) is 0 Å². The molecule has 0 unspecified atom stereocenters. The van der Waals surface area contributed by atoms with E-state index in [9.17, 15) is 0 Å². The number of hydrogen-bond donors (Lipinski definition) is 1. The van der Waals surface area contributed by atoms with Crippen molar-refractivity contribution >= 4 is 5.88 Å². The van der Waals surface area contributed by atoms with Gasteiger partial charge in [0, 0.05) is 32.2 Å². The Balaban J connectivity index is 1.99. The van der Waals surface area contributed by atoms with Gasteiger partial charge >= 0.3 is 0 Å². The Hall–Kier alpha value is -1.03. The molecule has 1 aliphatic rings. The molecule has 15 heavy (non-hydrogen) atoms. The lowest BCUT2D eigenvalue weighted by Crippen LogP contribution is -2.43. The predicted molar refractivity (Wildman–Crippen MR) is 60.1 cm³/mol. The molecule has 1 saturated heterocycles. The Morgan fingerprint density at radius 1 is 1.47 bits per heavy atom. The standard InChI is InChI=1S/C11H19N3O/c1-9(2)7-10-8-11(15-13-10)14-5-3-12-4-6-14/h8-9,12H,3-7H2,1-2H3. The Morgan fingerprint density at radius 3 is 2.87 bits per heavy atom. The molecule has 1 fully saturated rings.